The van der Waals surface area contributed by atoms with E-state index in [0.717, 1.165) is 36.5 Å². The summed E-state index contributed by atoms with van der Waals surface area (Å²) in [5.41, 5.74) is 6.80. The number of benzene rings is 2. The fourth-order valence-electron chi connectivity index (χ4n) is 5.39. The van der Waals surface area contributed by atoms with Crippen LogP contribution < -0.4 is 4.90 Å². The largest absolute Gasteiger partial charge is 0.355 e. The second-order valence-corrected chi connectivity index (χ2v) is 9.38. The van der Waals surface area contributed by atoms with Gasteiger partial charge in [0.2, 0.25) is 0 Å². The molecule has 0 bridgehead atoms. The van der Waals surface area contributed by atoms with Crippen LogP contribution in [0.1, 0.15) is 42.4 Å². The van der Waals surface area contributed by atoms with Crippen molar-refractivity contribution in [2.45, 2.75) is 46.1 Å². The van der Waals surface area contributed by atoms with Gasteiger partial charge in [0.05, 0.1) is 17.2 Å². The van der Waals surface area contributed by atoms with E-state index in [1.54, 1.807) is 0 Å². The number of nitrogens with zero attached hydrogens (tertiary/aromatic N) is 4. The molecule has 3 heterocycles. The van der Waals surface area contributed by atoms with Crippen LogP contribution in [0.5, 0.6) is 0 Å². The molecule has 0 amide bonds. The van der Waals surface area contributed by atoms with Gasteiger partial charge in [0.1, 0.15) is 5.82 Å². The number of aromatic nitrogens is 2. The predicted molar refractivity (Wildman–Crippen MR) is 124 cm³/mol. The molecule has 2 aliphatic heterocycles. The van der Waals surface area contributed by atoms with E-state index in [0.29, 0.717) is 5.41 Å². The summed E-state index contributed by atoms with van der Waals surface area (Å²) in [6.07, 6.45) is 7.15. The molecule has 1 spiro atoms. The molecule has 0 atom stereocenters. The van der Waals surface area contributed by atoms with Gasteiger partial charge in [0, 0.05) is 26.2 Å². The van der Waals surface area contributed by atoms with Crippen molar-refractivity contribution in [2.75, 3.05) is 31.1 Å². The van der Waals surface area contributed by atoms with Gasteiger partial charge in [0.15, 0.2) is 0 Å². The highest BCUT2D eigenvalue weighted by Crippen LogP contribution is 2.41. The van der Waals surface area contributed by atoms with E-state index in [9.17, 15) is 0 Å². The molecule has 2 aliphatic rings. The third-order valence-electron chi connectivity index (χ3n) is 7.44. The van der Waals surface area contributed by atoms with Crippen molar-refractivity contribution in [1.29, 1.82) is 0 Å². The molecule has 5 rings (SSSR count). The summed E-state index contributed by atoms with van der Waals surface area (Å²) in [5.74, 6) is 1.03. The normalized spacial score (nSPS) is 19.5. The SMILES string of the molecule is Cc1cccc(CN2CCCC3(CCN(c4cnc5ccccc5n4)CC3)C2)c1C. The quantitative estimate of drug-likeness (QED) is 0.610. The topological polar surface area (TPSA) is 32.3 Å². The second kappa shape index (κ2) is 7.99. The Kier molecular flexibility index (Phi) is 5.20. The number of hydrogen-bond donors (Lipinski definition) is 0. The summed E-state index contributed by atoms with van der Waals surface area (Å²) < 4.78 is 0. The lowest BCUT2D eigenvalue weighted by Gasteiger charge is -2.48. The minimum atomic E-state index is 0.469. The summed E-state index contributed by atoms with van der Waals surface area (Å²) in [4.78, 5) is 14.6. The van der Waals surface area contributed by atoms with Crippen LogP contribution in [-0.4, -0.2) is 41.0 Å². The Morgan fingerprint density at radius 1 is 0.900 bits per heavy atom. The molecule has 2 aromatic carbocycles. The van der Waals surface area contributed by atoms with Gasteiger partial charge in [0.25, 0.3) is 0 Å². The lowest BCUT2D eigenvalue weighted by Crippen LogP contribution is -2.49. The van der Waals surface area contributed by atoms with E-state index in [2.05, 4.69) is 52.9 Å². The number of para-hydroxylation sites is 2. The number of likely N-dealkylation sites (tertiary alicyclic amines) is 1. The first-order chi connectivity index (χ1) is 14.6. The van der Waals surface area contributed by atoms with Crippen LogP contribution in [0, 0.1) is 19.3 Å². The third-order valence-corrected chi connectivity index (χ3v) is 7.44. The molecule has 30 heavy (non-hydrogen) atoms. The highest BCUT2D eigenvalue weighted by atomic mass is 15.2. The zero-order valence-corrected chi connectivity index (χ0v) is 18.3. The molecular weight excluding hydrogens is 368 g/mol. The summed E-state index contributed by atoms with van der Waals surface area (Å²) in [7, 11) is 0. The molecular formula is C26H32N4. The van der Waals surface area contributed by atoms with E-state index in [-0.39, 0.29) is 0 Å². The summed E-state index contributed by atoms with van der Waals surface area (Å²) in [6, 6.07) is 14.9. The highest BCUT2D eigenvalue weighted by Gasteiger charge is 2.38. The van der Waals surface area contributed by atoms with Crippen LogP contribution in [0.4, 0.5) is 5.82 Å². The standard InChI is InChI=1S/C26H32N4/c1-20-7-5-8-22(21(20)2)18-29-14-6-11-26(19-29)12-15-30(16-13-26)25-17-27-23-9-3-4-10-24(23)28-25/h3-5,7-10,17H,6,11-16,18-19H2,1-2H3. The van der Waals surface area contributed by atoms with Crippen molar-refractivity contribution in [2.24, 2.45) is 5.41 Å². The van der Waals surface area contributed by atoms with Crippen molar-refractivity contribution >= 4 is 16.9 Å². The van der Waals surface area contributed by atoms with Gasteiger partial charge in [-0.1, -0.05) is 30.3 Å². The van der Waals surface area contributed by atoms with Gasteiger partial charge in [-0.05, 0) is 80.3 Å². The average Bonchev–Trinajstić information content (AvgIpc) is 2.77. The van der Waals surface area contributed by atoms with E-state index in [1.807, 2.05) is 24.4 Å². The highest BCUT2D eigenvalue weighted by molar-refractivity contribution is 5.75. The van der Waals surface area contributed by atoms with Crippen LogP contribution in [-0.2, 0) is 6.54 Å². The molecule has 1 aromatic heterocycles. The van der Waals surface area contributed by atoms with Crippen molar-refractivity contribution < 1.29 is 0 Å². The Hall–Kier alpha value is -2.46. The van der Waals surface area contributed by atoms with Crippen LogP contribution in [0.3, 0.4) is 0 Å². The lowest BCUT2D eigenvalue weighted by atomic mass is 9.72. The van der Waals surface area contributed by atoms with E-state index < -0.39 is 0 Å². The smallest absolute Gasteiger partial charge is 0.147 e. The number of fused-ring (bicyclic) bond motifs is 1. The molecule has 0 aliphatic carbocycles. The molecule has 0 N–H and O–H groups in total. The Labute approximate surface area is 179 Å². The zero-order valence-electron chi connectivity index (χ0n) is 18.3. The molecule has 4 heteroatoms. The van der Waals surface area contributed by atoms with Crippen LogP contribution in [0.15, 0.2) is 48.7 Å². The fourth-order valence-corrected chi connectivity index (χ4v) is 5.39. The van der Waals surface area contributed by atoms with E-state index >= 15 is 0 Å². The maximum Gasteiger partial charge on any atom is 0.147 e. The van der Waals surface area contributed by atoms with E-state index in [4.69, 9.17) is 4.98 Å². The van der Waals surface area contributed by atoms with Crippen molar-refractivity contribution in [3.63, 3.8) is 0 Å². The molecule has 156 valence electrons. The summed E-state index contributed by atoms with van der Waals surface area (Å²) in [5, 5.41) is 0. The molecule has 0 unspecified atom stereocenters. The fraction of sp³-hybridized carbons (Fsp3) is 0.462. The Morgan fingerprint density at radius 2 is 1.70 bits per heavy atom. The van der Waals surface area contributed by atoms with Gasteiger partial charge >= 0.3 is 0 Å². The van der Waals surface area contributed by atoms with Gasteiger partial charge in [-0.15, -0.1) is 0 Å². The maximum atomic E-state index is 4.87. The Morgan fingerprint density at radius 3 is 2.53 bits per heavy atom. The molecule has 4 nitrogen and oxygen atoms in total. The monoisotopic (exact) mass is 400 g/mol. The van der Waals surface area contributed by atoms with Gasteiger partial charge in [-0.25, -0.2) is 4.98 Å². The average molecular weight is 401 g/mol. The van der Waals surface area contributed by atoms with Gasteiger partial charge in [-0.2, -0.15) is 0 Å². The summed E-state index contributed by atoms with van der Waals surface area (Å²) >= 11 is 0. The van der Waals surface area contributed by atoms with Crippen LogP contribution >= 0.6 is 0 Å². The first-order valence-corrected chi connectivity index (χ1v) is 11.4. The van der Waals surface area contributed by atoms with Crippen molar-refractivity contribution in [3.8, 4) is 0 Å². The molecule has 3 aromatic rings. The number of hydrogen-bond acceptors (Lipinski definition) is 4. The first kappa shape index (κ1) is 19.5. The van der Waals surface area contributed by atoms with Crippen LogP contribution in [0.25, 0.3) is 11.0 Å². The predicted octanol–water partition coefficient (Wildman–Crippen LogP) is 5.13. The van der Waals surface area contributed by atoms with Crippen molar-refractivity contribution in [1.82, 2.24) is 14.9 Å². The van der Waals surface area contributed by atoms with E-state index in [1.165, 1.54) is 55.5 Å². The number of anilines is 1. The van der Waals surface area contributed by atoms with Gasteiger partial charge in [-0.3, -0.25) is 9.88 Å². The first-order valence-electron chi connectivity index (χ1n) is 11.4. The Bertz CT molecular complexity index is 1040. The maximum absolute atomic E-state index is 4.87. The second-order valence-electron chi connectivity index (χ2n) is 9.38. The molecule has 0 radical (unpaired) electrons. The molecule has 2 saturated heterocycles. The Balaban J connectivity index is 1.25. The van der Waals surface area contributed by atoms with Gasteiger partial charge < -0.3 is 4.90 Å². The number of piperidine rings is 2. The van der Waals surface area contributed by atoms with Crippen LogP contribution in [0.2, 0.25) is 0 Å². The minimum absolute atomic E-state index is 0.469. The lowest BCUT2D eigenvalue weighted by molar-refractivity contribution is 0.0603. The molecule has 0 saturated carbocycles. The van der Waals surface area contributed by atoms with Crippen molar-refractivity contribution in [3.05, 3.63) is 65.4 Å². The minimum Gasteiger partial charge on any atom is -0.355 e. The zero-order chi connectivity index (χ0) is 20.6. The number of aryl methyl sites for hydroxylation is 1. The molecule has 2 fully saturated rings. The number of rotatable bonds is 3. The summed E-state index contributed by atoms with van der Waals surface area (Å²) in [6.45, 7) is 10.2. The third kappa shape index (κ3) is 3.81.